The van der Waals surface area contributed by atoms with E-state index in [1.54, 1.807) is 0 Å². The molecule has 0 aliphatic heterocycles. The van der Waals surface area contributed by atoms with E-state index in [0.717, 1.165) is 30.7 Å². The fourth-order valence-corrected chi connectivity index (χ4v) is 3.31. The summed E-state index contributed by atoms with van der Waals surface area (Å²) >= 11 is 5.98. The van der Waals surface area contributed by atoms with Crippen LogP contribution in [0.3, 0.4) is 0 Å². The highest BCUT2D eigenvalue weighted by atomic mass is 35.5. The second kappa shape index (κ2) is 5.96. The van der Waals surface area contributed by atoms with Gasteiger partial charge in [-0.1, -0.05) is 44.0 Å². The quantitative estimate of drug-likeness (QED) is 0.786. The van der Waals surface area contributed by atoms with Crippen LogP contribution in [0.4, 0.5) is 0 Å². The van der Waals surface area contributed by atoms with Gasteiger partial charge < -0.3 is 5.32 Å². The first-order valence-corrected chi connectivity index (χ1v) is 7.42. The Morgan fingerprint density at radius 2 is 1.95 bits per heavy atom. The molecule has 0 unspecified atom stereocenters. The number of amides is 1. The molecule has 104 valence electrons. The average molecular weight is 280 g/mol. The first kappa shape index (κ1) is 14.4. The molecule has 3 heteroatoms. The van der Waals surface area contributed by atoms with E-state index in [4.69, 9.17) is 11.6 Å². The SMILES string of the molecule is CC(C)C[C@H](NC=O)C1(c2ccc(Cl)cc2)CCC1. The summed E-state index contributed by atoms with van der Waals surface area (Å²) in [5.41, 5.74) is 1.42. The lowest BCUT2D eigenvalue weighted by Gasteiger charge is -2.48. The van der Waals surface area contributed by atoms with Crippen LogP contribution in [-0.4, -0.2) is 12.5 Å². The Hall–Kier alpha value is -1.02. The van der Waals surface area contributed by atoms with Gasteiger partial charge in [0.15, 0.2) is 0 Å². The third-order valence-corrected chi connectivity index (χ3v) is 4.56. The van der Waals surface area contributed by atoms with Crippen molar-refractivity contribution in [3.63, 3.8) is 0 Å². The number of carbonyl (C=O) groups is 1. The molecule has 0 spiro atoms. The van der Waals surface area contributed by atoms with Crippen LogP contribution in [-0.2, 0) is 10.2 Å². The molecule has 1 saturated carbocycles. The van der Waals surface area contributed by atoms with Crippen LogP contribution in [0.25, 0.3) is 0 Å². The lowest BCUT2D eigenvalue weighted by Crippen LogP contribution is -2.53. The van der Waals surface area contributed by atoms with Crippen molar-refractivity contribution in [2.45, 2.75) is 51.0 Å². The minimum Gasteiger partial charge on any atom is -0.355 e. The van der Waals surface area contributed by atoms with Crippen molar-refractivity contribution in [1.29, 1.82) is 0 Å². The third-order valence-electron chi connectivity index (χ3n) is 4.31. The molecule has 0 saturated heterocycles. The van der Waals surface area contributed by atoms with E-state index in [1.807, 2.05) is 12.1 Å². The van der Waals surface area contributed by atoms with Gasteiger partial charge in [0.05, 0.1) is 0 Å². The Kier molecular flexibility index (Phi) is 4.51. The smallest absolute Gasteiger partial charge is 0.207 e. The number of nitrogens with one attached hydrogen (secondary N) is 1. The molecule has 2 rings (SSSR count). The number of hydrogen-bond donors (Lipinski definition) is 1. The van der Waals surface area contributed by atoms with Crippen LogP contribution in [0, 0.1) is 5.92 Å². The van der Waals surface area contributed by atoms with Gasteiger partial charge in [0.1, 0.15) is 0 Å². The first-order valence-electron chi connectivity index (χ1n) is 7.04. The van der Waals surface area contributed by atoms with E-state index in [0.29, 0.717) is 5.92 Å². The van der Waals surface area contributed by atoms with E-state index < -0.39 is 0 Å². The van der Waals surface area contributed by atoms with Crippen molar-refractivity contribution in [3.05, 3.63) is 34.9 Å². The highest BCUT2D eigenvalue weighted by Crippen LogP contribution is 2.48. The summed E-state index contributed by atoms with van der Waals surface area (Å²) in [7, 11) is 0. The molecule has 1 aliphatic carbocycles. The van der Waals surface area contributed by atoms with Crippen LogP contribution in [0.1, 0.15) is 45.1 Å². The molecule has 1 N–H and O–H groups in total. The molecule has 0 bridgehead atoms. The van der Waals surface area contributed by atoms with Gasteiger partial charge >= 0.3 is 0 Å². The minimum atomic E-state index is 0.107. The second-order valence-electron chi connectivity index (χ2n) is 5.98. The normalized spacial score (nSPS) is 18.7. The van der Waals surface area contributed by atoms with Crippen molar-refractivity contribution in [2.75, 3.05) is 0 Å². The van der Waals surface area contributed by atoms with Crippen LogP contribution in [0.2, 0.25) is 5.02 Å². The zero-order valence-corrected chi connectivity index (χ0v) is 12.4. The van der Waals surface area contributed by atoms with Crippen LogP contribution >= 0.6 is 11.6 Å². The minimum absolute atomic E-state index is 0.107. The van der Waals surface area contributed by atoms with Gasteiger partial charge in [-0.3, -0.25) is 4.79 Å². The topological polar surface area (TPSA) is 29.1 Å². The Morgan fingerprint density at radius 3 is 2.37 bits per heavy atom. The molecule has 1 amide bonds. The number of benzene rings is 1. The molecule has 19 heavy (non-hydrogen) atoms. The molecule has 2 nitrogen and oxygen atoms in total. The standard InChI is InChI=1S/C16H22ClNO/c1-12(2)10-15(18-11-19)16(8-3-9-16)13-4-6-14(17)7-5-13/h4-7,11-12,15H,3,8-10H2,1-2H3,(H,18,19)/t15-/m0/s1. The maximum Gasteiger partial charge on any atom is 0.207 e. The van der Waals surface area contributed by atoms with Gasteiger partial charge in [0.2, 0.25) is 6.41 Å². The Balaban J connectivity index is 2.28. The van der Waals surface area contributed by atoms with Crippen molar-refractivity contribution in [1.82, 2.24) is 5.32 Å². The Morgan fingerprint density at radius 1 is 1.32 bits per heavy atom. The molecule has 1 aliphatic rings. The van der Waals surface area contributed by atoms with Gasteiger partial charge in [0.25, 0.3) is 0 Å². The van der Waals surface area contributed by atoms with Crippen LogP contribution < -0.4 is 5.32 Å². The summed E-state index contributed by atoms with van der Waals surface area (Å²) in [5.74, 6) is 0.572. The third kappa shape index (κ3) is 2.94. The van der Waals surface area contributed by atoms with Crippen molar-refractivity contribution < 1.29 is 4.79 Å². The predicted molar refractivity (Wildman–Crippen MR) is 79.4 cm³/mol. The predicted octanol–water partition coefficient (Wildman–Crippen LogP) is 3.92. The zero-order chi connectivity index (χ0) is 13.9. The zero-order valence-electron chi connectivity index (χ0n) is 11.7. The van der Waals surface area contributed by atoms with Crippen molar-refractivity contribution >= 4 is 18.0 Å². The van der Waals surface area contributed by atoms with Crippen molar-refractivity contribution in [3.8, 4) is 0 Å². The Bertz CT molecular complexity index is 423. The highest BCUT2D eigenvalue weighted by molar-refractivity contribution is 6.30. The summed E-state index contributed by atoms with van der Waals surface area (Å²) in [6.07, 6.45) is 5.39. The monoisotopic (exact) mass is 279 g/mol. The summed E-state index contributed by atoms with van der Waals surface area (Å²) in [6, 6.07) is 8.34. The van der Waals surface area contributed by atoms with E-state index in [-0.39, 0.29) is 11.5 Å². The summed E-state index contributed by atoms with van der Waals surface area (Å²) < 4.78 is 0. The number of carbonyl (C=O) groups excluding carboxylic acids is 1. The largest absolute Gasteiger partial charge is 0.355 e. The van der Waals surface area contributed by atoms with E-state index in [2.05, 4.69) is 31.3 Å². The molecular weight excluding hydrogens is 258 g/mol. The maximum atomic E-state index is 10.9. The number of rotatable bonds is 6. The summed E-state index contributed by atoms with van der Waals surface area (Å²) in [6.45, 7) is 4.40. The lowest BCUT2D eigenvalue weighted by atomic mass is 9.59. The molecule has 1 atom stereocenters. The molecule has 1 aromatic rings. The van der Waals surface area contributed by atoms with Gasteiger partial charge in [-0.2, -0.15) is 0 Å². The van der Waals surface area contributed by atoms with E-state index in [9.17, 15) is 4.79 Å². The fraction of sp³-hybridized carbons (Fsp3) is 0.562. The van der Waals surface area contributed by atoms with Gasteiger partial charge in [-0.25, -0.2) is 0 Å². The second-order valence-corrected chi connectivity index (χ2v) is 6.42. The number of halogens is 1. The Labute approximate surface area is 120 Å². The number of hydrogen-bond acceptors (Lipinski definition) is 1. The van der Waals surface area contributed by atoms with Crippen molar-refractivity contribution in [2.24, 2.45) is 5.92 Å². The summed E-state index contributed by atoms with van der Waals surface area (Å²) in [4.78, 5) is 10.9. The van der Waals surface area contributed by atoms with Gasteiger partial charge in [-0.05, 0) is 42.9 Å². The average Bonchev–Trinajstić information content (AvgIpc) is 2.29. The lowest BCUT2D eigenvalue weighted by molar-refractivity contribution is -0.111. The highest BCUT2D eigenvalue weighted by Gasteiger charge is 2.45. The fourth-order valence-electron chi connectivity index (χ4n) is 3.18. The maximum absolute atomic E-state index is 10.9. The van der Waals surface area contributed by atoms with Crippen LogP contribution in [0.5, 0.6) is 0 Å². The van der Waals surface area contributed by atoms with Crippen LogP contribution in [0.15, 0.2) is 24.3 Å². The molecule has 0 heterocycles. The van der Waals surface area contributed by atoms with Gasteiger partial charge in [0, 0.05) is 16.5 Å². The summed E-state index contributed by atoms with van der Waals surface area (Å²) in [5, 5.41) is 3.82. The molecule has 1 fully saturated rings. The first-order chi connectivity index (χ1) is 9.08. The molecule has 0 aromatic heterocycles. The molecule has 0 radical (unpaired) electrons. The van der Waals surface area contributed by atoms with E-state index >= 15 is 0 Å². The molecule has 1 aromatic carbocycles. The van der Waals surface area contributed by atoms with E-state index in [1.165, 1.54) is 12.0 Å². The van der Waals surface area contributed by atoms with Gasteiger partial charge in [-0.15, -0.1) is 0 Å². The molecular formula is C16H22ClNO.